The van der Waals surface area contributed by atoms with Crippen LogP contribution >= 0.6 is 0 Å². The zero-order chi connectivity index (χ0) is 13.3. The Morgan fingerprint density at radius 1 is 1.44 bits per heavy atom. The van der Waals surface area contributed by atoms with Crippen LogP contribution in [0, 0.1) is 11.3 Å². The van der Waals surface area contributed by atoms with Crippen LogP contribution in [0.15, 0.2) is 18.2 Å². The van der Waals surface area contributed by atoms with Crippen LogP contribution in [-0.2, 0) is 7.05 Å². The van der Waals surface area contributed by atoms with Crippen molar-refractivity contribution in [2.75, 3.05) is 12.8 Å². The maximum Gasteiger partial charge on any atom is 0.178 e. The number of aryl methyl sites for hydroxylation is 1. The molecule has 1 heterocycles. The lowest BCUT2D eigenvalue weighted by Gasteiger charge is -2.07. The second-order valence-electron chi connectivity index (χ2n) is 3.77. The zero-order valence-corrected chi connectivity index (χ0v) is 10.0. The number of hydrogen-bond donors (Lipinski definition) is 2. The predicted molar refractivity (Wildman–Crippen MR) is 66.0 cm³/mol. The van der Waals surface area contributed by atoms with Crippen LogP contribution in [-0.4, -0.2) is 22.0 Å². The largest absolute Gasteiger partial charge is 0.504 e. The van der Waals surface area contributed by atoms with Crippen LogP contribution in [0.4, 0.5) is 5.82 Å². The van der Waals surface area contributed by atoms with E-state index in [1.807, 2.05) is 6.07 Å². The Morgan fingerprint density at radius 3 is 2.67 bits per heavy atom. The van der Waals surface area contributed by atoms with Crippen molar-refractivity contribution in [1.82, 2.24) is 9.78 Å². The van der Waals surface area contributed by atoms with Crippen molar-refractivity contribution < 1.29 is 9.84 Å². The quantitative estimate of drug-likeness (QED) is 0.828. The number of phenols is 1. The lowest BCUT2D eigenvalue weighted by molar-refractivity contribution is 0.372. The van der Waals surface area contributed by atoms with Gasteiger partial charge in [0.25, 0.3) is 0 Å². The van der Waals surface area contributed by atoms with Crippen molar-refractivity contribution in [2.24, 2.45) is 7.05 Å². The number of nitrogens with two attached hydrogens (primary N) is 1. The standard InChI is InChI=1S/C12H12N4O2/c1-16-11(14)5-9(15-16)7-3-8(6-13)12(18-2)10(17)4-7/h3-5,17H,14H2,1-2H3. The Hall–Kier alpha value is -2.68. The molecule has 0 spiro atoms. The Labute approximate surface area is 104 Å². The van der Waals surface area contributed by atoms with Gasteiger partial charge in [-0.2, -0.15) is 10.4 Å². The van der Waals surface area contributed by atoms with Gasteiger partial charge < -0.3 is 15.6 Å². The zero-order valence-electron chi connectivity index (χ0n) is 10.0. The number of benzene rings is 1. The number of methoxy groups -OCH3 is 1. The van der Waals surface area contributed by atoms with Crippen molar-refractivity contribution in [2.45, 2.75) is 0 Å². The van der Waals surface area contributed by atoms with Gasteiger partial charge in [0.2, 0.25) is 0 Å². The first kappa shape index (κ1) is 11.8. The fraction of sp³-hybridized carbons (Fsp3) is 0.167. The second kappa shape index (κ2) is 4.30. The number of anilines is 1. The number of aromatic hydroxyl groups is 1. The first-order chi connectivity index (χ1) is 8.56. The van der Waals surface area contributed by atoms with Crippen molar-refractivity contribution in [1.29, 1.82) is 5.26 Å². The summed E-state index contributed by atoms with van der Waals surface area (Å²) in [6.45, 7) is 0. The predicted octanol–water partition coefficient (Wildman–Crippen LogP) is 1.26. The Bertz CT molecular complexity index is 621. The van der Waals surface area contributed by atoms with E-state index in [1.165, 1.54) is 17.9 Å². The van der Waals surface area contributed by atoms with E-state index in [0.29, 0.717) is 17.1 Å². The van der Waals surface area contributed by atoms with Gasteiger partial charge in [0.1, 0.15) is 11.9 Å². The number of rotatable bonds is 2. The Balaban J connectivity index is 2.60. The molecule has 3 N–H and O–H groups in total. The minimum Gasteiger partial charge on any atom is -0.504 e. The van der Waals surface area contributed by atoms with E-state index in [4.69, 9.17) is 15.7 Å². The number of nitrogen functional groups attached to an aromatic ring is 1. The fourth-order valence-electron chi connectivity index (χ4n) is 1.68. The summed E-state index contributed by atoms with van der Waals surface area (Å²) in [4.78, 5) is 0. The van der Waals surface area contributed by atoms with E-state index in [0.717, 1.165) is 0 Å². The highest BCUT2D eigenvalue weighted by molar-refractivity contribution is 5.69. The molecule has 0 aliphatic carbocycles. The van der Waals surface area contributed by atoms with Crippen LogP contribution in [0.25, 0.3) is 11.3 Å². The Kier molecular flexibility index (Phi) is 2.81. The van der Waals surface area contributed by atoms with Gasteiger partial charge in [-0.25, -0.2) is 0 Å². The third-order valence-corrected chi connectivity index (χ3v) is 2.61. The molecule has 1 aromatic carbocycles. The minimum absolute atomic E-state index is 0.101. The number of nitriles is 1. The molecule has 0 bridgehead atoms. The van der Waals surface area contributed by atoms with Gasteiger partial charge in [0.05, 0.1) is 18.4 Å². The summed E-state index contributed by atoms with van der Waals surface area (Å²) >= 11 is 0. The van der Waals surface area contributed by atoms with Crippen molar-refractivity contribution in [3.63, 3.8) is 0 Å². The molecule has 92 valence electrons. The van der Waals surface area contributed by atoms with E-state index >= 15 is 0 Å². The molecular formula is C12H12N4O2. The van der Waals surface area contributed by atoms with Crippen molar-refractivity contribution in [3.8, 4) is 28.8 Å². The lowest BCUT2D eigenvalue weighted by atomic mass is 10.1. The van der Waals surface area contributed by atoms with Gasteiger partial charge in [0, 0.05) is 18.7 Å². The summed E-state index contributed by atoms with van der Waals surface area (Å²) in [7, 11) is 3.11. The molecule has 0 radical (unpaired) electrons. The van der Waals surface area contributed by atoms with Crippen LogP contribution in [0.5, 0.6) is 11.5 Å². The van der Waals surface area contributed by atoms with E-state index in [9.17, 15) is 5.11 Å². The maximum absolute atomic E-state index is 9.80. The molecule has 2 rings (SSSR count). The van der Waals surface area contributed by atoms with Gasteiger partial charge in [-0.1, -0.05) is 0 Å². The summed E-state index contributed by atoms with van der Waals surface area (Å²) in [6, 6.07) is 6.72. The number of phenolic OH excluding ortho intramolecular Hbond substituents is 1. The first-order valence-electron chi connectivity index (χ1n) is 5.17. The number of ether oxygens (including phenoxy) is 1. The van der Waals surface area contributed by atoms with E-state index < -0.39 is 0 Å². The second-order valence-corrected chi connectivity index (χ2v) is 3.77. The topological polar surface area (TPSA) is 97.1 Å². The highest BCUT2D eigenvalue weighted by Crippen LogP contribution is 2.34. The molecule has 0 saturated heterocycles. The van der Waals surface area contributed by atoms with E-state index in [2.05, 4.69) is 5.10 Å². The number of nitrogens with zero attached hydrogens (tertiary/aromatic N) is 3. The van der Waals surface area contributed by atoms with Crippen LogP contribution in [0.1, 0.15) is 5.56 Å². The molecule has 6 nitrogen and oxygen atoms in total. The van der Waals surface area contributed by atoms with Crippen LogP contribution in [0.3, 0.4) is 0 Å². The summed E-state index contributed by atoms with van der Waals surface area (Å²) in [6.07, 6.45) is 0. The number of hydrogen-bond acceptors (Lipinski definition) is 5. The van der Waals surface area contributed by atoms with Gasteiger partial charge in [-0.05, 0) is 12.1 Å². The van der Waals surface area contributed by atoms with Gasteiger partial charge >= 0.3 is 0 Å². The van der Waals surface area contributed by atoms with Gasteiger partial charge in [-0.3, -0.25) is 4.68 Å². The summed E-state index contributed by atoms with van der Waals surface area (Å²) in [5, 5.41) is 23.0. The smallest absolute Gasteiger partial charge is 0.178 e. The fourth-order valence-corrected chi connectivity index (χ4v) is 1.68. The summed E-state index contributed by atoms with van der Waals surface area (Å²) < 4.78 is 6.48. The molecule has 2 aromatic rings. The van der Waals surface area contributed by atoms with E-state index in [1.54, 1.807) is 19.2 Å². The third kappa shape index (κ3) is 1.82. The van der Waals surface area contributed by atoms with Crippen molar-refractivity contribution in [3.05, 3.63) is 23.8 Å². The highest BCUT2D eigenvalue weighted by atomic mass is 16.5. The number of aromatic nitrogens is 2. The molecule has 0 aliphatic heterocycles. The van der Waals surface area contributed by atoms with Gasteiger partial charge in [0.15, 0.2) is 11.5 Å². The molecule has 6 heteroatoms. The molecule has 0 saturated carbocycles. The molecule has 1 aromatic heterocycles. The van der Waals surface area contributed by atoms with E-state index in [-0.39, 0.29) is 17.1 Å². The van der Waals surface area contributed by atoms with Crippen LogP contribution in [0.2, 0.25) is 0 Å². The SMILES string of the molecule is COc1c(O)cc(-c2cc(N)n(C)n2)cc1C#N. The Morgan fingerprint density at radius 2 is 2.17 bits per heavy atom. The molecule has 0 unspecified atom stereocenters. The average Bonchev–Trinajstić information content (AvgIpc) is 2.68. The van der Waals surface area contributed by atoms with Gasteiger partial charge in [-0.15, -0.1) is 0 Å². The molecule has 18 heavy (non-hydrogen) atoms. The molecule has 0 atom stereocenters. The molecule has 0 amide bonds. The van der Waals surface area contributed by atoms with Crippen LogP contribution < -0.4 is 10.5 Å². The average molecular weight is 244 g/mol. The molecule has 0 aliphatic rings. The normalized spacial score (nSPS) is 10.1. The summed E-state index contributed by atoms with van der Waals surface area (Å²) in [5.74, 6) is 0.555. The summed E-state index contributed by atoms with van der Waals surface area (Å²) in [5.41, 5.74) is 7.13. The third-order valence-electron chi connectivity index (χ3n) is 2.61. The lowest BCUT2D eigenvalue weighted by Crippen LogP contribution is -1.96. The molecule has 0 fully saturated rings. The van der Waals surface area contributed by atoms with Crippen molar-refractivity contribution >= 4 is 5.82 Å². The minimum atomic E-state index is -0.101. The molecular weight excluding hydrogens is 232 g/mol. The maximum atomic E-state index is 9.80. The monoisotopic (exact) mass is 244 g/mol. The highest BCUT2D eigenvalue weighted by Gasteiger charge is 2.13. The first-order valence-corrected chi connectivity index (χ1v) is 5.17.